The second-order valence-corrected chi connectivity index (χ2v) is 13.3. The Balaban J connectivity index is 1.11. The molecule has 0 amide bonds. The first-order chi connectivity index (χ1) is 25.8. The van der Waals surface area contributed by atoms with Crippen molar-refractivity contribution in [3.05, 3.63) is 176 Å². The van der Waals surface area contributed by atoms with Gasteiger partial charge in [0, 0.05) is 38.7 Å². The summed E-state index contributed by atoms with van der Waals surface area (Å²) in [5.74, 6) is 1.57. The van der Waals surface area contributed by atoms with E-state index in [0.717, 1.165) is 71.9 Å². The van der Waals surface area contributed by atoms with Crippen molar-refractivity contribution < 1.29 is 0 Å². The summed E-state index contributed by atoms with van der Waals surface area (Å²) >= 11 is 0. The SMILES string of the molecule is c1ccc(-n2c3ccccc3c3cc(-c4ccc5c(c4)c4ccccc4n5-c4nc(-c5ccc6ccccc6c5)c5ccccc5n4)ccc32)nc1. The predicted molar refractivity (Wildman–Crippen MR) is 214 cm³/mol. The lowest BCUT2D eigenvalue weighted by molar-refractivity contribution is 1.01. The van der Waals surface area contributed by atoms with Gasteiger partial charge in [-0.05, 0) is 82.6 Å². The van der Waals surface area contributed by atoms with Crippen LogP contribution in [0.4, 0.5) is 0 Å². The van der Waals surface area contributed by atoms with Gasteiger partial charge in [-0.25, -0.2) is 15.0 Å². The van der Waals surface area contributed by atoms with Gasteiger partial charge in [0.25, 0.3) is 0 Å². The fourth-order valence-corrected chi connectivity index (χ4v) is 7.97. The molecule has 5 nitrogen and oxygen atoms in total. The van der Waals surface area contributed by atoms with Gasteiger partial charge in [0.1, 0.15) is 5.82 Å². The number of nitrogens with zero attached hydrogens (tertiary/aromatic N) is 5. The normalized spacial score (nSPS) is 11.8. The highest BCUT2D eigenvalue weighted by Gasteiger charge is 2.19. The maximum Gasteiger partial charge on any atom is 0.235 e. The third-order valence-electron chi connectivity index (χ3n) is 10.4. The fourth-order valence-electron chi connectivity index (χ4n) is 7.97. The summed E-state index contributed by atoms with van der Waals surface area (Å²) < 4.78 is 4.47. The Labute approximate surface area is 298 Å². The lowest BCUT2D eigenvalue weighted by Gasteiger charge is -2.12. The van der Waals surface area contributed by atoms with Crippen molar-refractivity contribution in [3.8, 4) is 34.2 Å². The van der Waals surface area contributed by atoms with Crippen LogP contribution >= 0.6 is 0 Å². The molecule has 4 heterocycles. The molecule has 7 aromatic carbocycles. The number of hydrogen-bond donors (Lipinski definition) is 0. The van der Waals surface area contributed by atoms with Crippen LogP contribution in [0.2, 0.25) is 0 Å². The number of hydrogen-bond acceptors (Lipinski definition) is 3. The zero-order chi connectivity index (χ0) is 34.2. The van der Waals surface area contributed by atoms with Gasteiger partial charge >= 0.3 is 0 Å². The zero-order valence-electron chi connectivity index (χ0n) is 28.0. The van der Waals surface area contributed by atoms with E-state index in [2.05, 4.69) is 161 Å². The van der Waals surface area contributed by atoms with E-state index < -0.39 is 0 Å². The van der Waals surface area contributed by atoms with E-state index in [1.165, 1.54) is 21.5 Å². The molecule has 0 atom stereocenters. The summed E-state index contributed by atoms with van der Waals surface area (Å²) in [4.78, 5) is 15.2. The Hall–Kier alpha value is -7.11. The lowest BCUT2D eigenvalue weighted by Crippen LogP contribution is -2.03. The molecule has 0 radical (unpaired) electrons. The van der Waals surface area contributed by atoms with Crippen LogP contribution in [-0.4, -0.2) is 24.1 Å². The Morgan fingerprint density at radius 2 is 0.942 bits per heavy atom. The average Bonchev–Trinajstić information content (AvgIpc) is 3.73. The summed E-state index contributed by atoms with van der Waals surface area (Å²) in [7, 11) is 0. The van der Waals surface area contributed by atoms with Gasteiger partial charge < -0.3 is 0 Å². The molecule has 0 fully saturated rings. The first kappa shape index (κ1) is 28.7. The quantitative estimate of drug-likeness (QED) is 0.188. The topological polar surface area (TPSA) is 48.5 Å². The van der Waals surface area contributed by atoms with Gasteiger partial charge in [-0.15, -0.1) is 0 Å². The van der Waals surface area contributed by atoms with Crippen molar-refractivity contribution in [2.75, 3.05) is 0 Å². The highest BCUT2D eigenvalue weighted by molar-refractivity contribution is 6.12. The predicted octanol–water partition coefficient (Wildman–Crippen LogP) is 11.7. The summed E-state index contributed by atoms with van der Waals surface area (Å²) in [5.41, 5.74) is 9.65. The first-order valence-corrected chi connectivity index (χ1v) is 17.5. The Kier molecular flexibility index (Phi) is 6.18. The summed E-state index contributed by atoms with van der Waals surface area (Å²) in [6.45, 7) is 0. The average molecular weight is 664 g/mol. The van der Waals surface area contributed by atoms with Crippen molar-refractivity contribution in [3.63, 3.8) is 0 Å². The summed E-state index contributed by atoms with van der Waals surface area (Å²) in [5, 5.41) is 8.16. The van der Waals surface area contributed by atoms with Gasteiger partial charge in [-0.2, -0.15) is 0 Å². The van der Waals surface area contributed by atoms with Gasteiger partial charge in [0.05, 0.1) is 33.3 Å². The van der Waals surface area contributed by atoms with E-state index in [1.807, 2.05) is 24.4 Å². The molecular formula is C47H29N5. The third kappa shape index (κ3) is 4.33. The van der Waals surface area contributed by atoms with Crippen LogP contribution in [0, 0.1) is 0 Å². The first-order valence-electron chi connectivity index (χ1n) is 17.5. The van der Waals surface area contributed by atoms with Crippen LogP contribution in [0.5, 0.6) is 0 Å². The van der Waals surface area contributed by atoms with E-state index in [0.29, 0.717) is 5.95 Å². The van der Waals surface area contributed by atoms with Gasteiger partial charge in [0.2, 0.25) is 5.95 Å². The molecule has 11 aromatic rings. The second kappa shape index (κ2) is 11.2. The molecule has 0 aliphatic heterocycles. The number of aromatic nitrogens is 5. The molecule has 52 heavy (non-hydrogen) atoms. The van der Waals surface area contributed by atoms with Crippen molar-refractivity contribution in [2.24, 2.45) is 0 Å². The molecule has 0 aliphatic rings. The molecule has 0 N–H and O–H groups in total. The molecule has 0 spiro atoms. The smallest absolute Gasteiger partial charge is 0.235 e. The van der Waals surface area contributed by atoms with E-state index in [4.69, 9.17) is 15.0 Å². The van der Waals surface area contributed by atoms with Crippen LogP contribution in [-0.2, 0) is 0 Å². The maximum atomic E-state index is 5.34. The van der Waals surface area contributed by atoms with Gasteiger partial charge in [-0.1, -0.05) is 109 Å². The van der Waals surface area contributed by atoms with Crippen molar-refractivity contribution in [1.82, 2.24) is 24.1 Å². The van der Waals surface area contributed by atoms with E-state index in [1.54, 1.807) is 0 Å². The third-order valence-corrected chi connectivity index (χ3v) is 10.4. The largest absolute Gasteiger partial charge is 0.294 e. The van der Waals surface area contributed by atoms with E-state index in [-0.39, 0.29) is 0 Å². The van der Waals surface area contributed by atoms with Crippen molar-refractivity contribution in [1.29, 1.82) is 0 Å². The highest BCUT2D eigenvalue weighted by Crippen LogP contribution is 2.38. The van der Waals surface area contributed by atoms with Crippen molar-refractivity contribution >= 4 is 65.3 Å². The monoisotopic (exact) mass is 663 g/mol. The number of pyridine rings is 1. The summed E-state index contributed by atoms with van der Waals surface area (Å²) in [6, 6.07) is 60.1. The van der Waals surface area contributed by atoms with Crippen LogP contribution in [0.15, 0.2) is 176 Å². The van der Waals surface area contributed by atoms with Gasteiger partial charge in [0.15, 0.2) is 0 Å². The van der Waals surface area contributed by atoms with Crippen LogP contribution in [0.25, 0.3) is 99.4 Å². The van der Waals surface area contributed by atoms with Crippen LogP contribution in [0.1, 0.15) is 0 Å². The van der Waals surface area contributed by atoms with Crippen molar-refractivity contribution in [2.45, 2.75) is 0 Å². The molecular weight excluding hydrogens is 635 g/mol. The van der Waals surface area contributed by atoms with E-state index in [9.17, 15) is 0 Å². The molecule has 0 saturated heterocycles. The van der Waals surface area contributed by atoms with E-state index >= 15 is 0 Å². The minimum Gasteiger partial charge on any atom is -0.294 e. The lowest BCUT2D eigenvalue weighted by atomic mass is 10.0. The Morgan fingerprint density at radius 3 is 1.67 bits per heavy atom. The maximum absolute atomic E-state index is 5.34. The second-order valence-electron chi connectivity index (χ2n) is 13.3. The number of para-hydroxylation sites is 3. The highest BCUT2D eigenvalue weighted by atomic mass is 15.2. The molecule has 0 bridgehead atoms. The number of benzene rings is 7. The Bertz CT molecular complexity index is 3190. The summed E-state index contributed by atoms with van der Waals surface area (Å²) in [6.07, 6.45) is 1.85. The molecule has 242 valence electrons. The zero-order valence-corrected chi connectivity index (χ0v) is 28.0. The minimum absolute atomic E-state index is 0.657. The molecule has 0 unspecified atom stereocenters. The minimum atomic E-state index is 0.657. The number of fused-ring (bicyclic) bond motifs is 8. The standard InChI is InChI=1S/C47H29N5/c1-2-12-31-27-34(21-20-30(31)11-1)46-37-15-3-6-16-40(37)49-47(50-46)52-42-18-8-5-14-36(42)39-29-33(23-25-44(39)52)32-22-24-43-38(28-32)35-13-4-7-17-41(35)51(43)45-19-9-10-26-48-45/h1-29H. The van der Waals surface area contributed by atoms with Gasteiger partial charge in [-0.3, -0.25) is 9.13 Å². The molecule has 4 aromatic heterocycles. The van der Waals surface area contributed by atoms with Crippen LogP contribution < -0.4 is 0 Å². The Morgan fingerprint density at radius 1 is 0.365 bits per heavy atom. The molecule has 0 aliphatic carbocycles. The number of rotatable bonds is 4. The fraction of sp³-hybridized carbons (Fsp3) is 0. The molecule has 11 rings (SSSR count). The molecule has 0 saturated carbocycles. The molecule has 5 heteroatoms. The van der Waals surface area contributed by atoms with Crippen LogP contribution in [0.3, 0.4) is 0 Å².